The van der Waals surface area contributed by atoms with Crippen LogP contribution >= 0.6 is 0 Å². The van der Waals surface area contributed by atoms with E-state index in [4.69, 9.17) is 9.47 Å². The third kappa shape index (κ3) is 4.84. The Morgan fingerprint density at radius 2 is 1.74 bits per heavy atom. The lowest BCUT2D eigenvalue weighted by molar-refractivity contribution is -0.137. The molecular weight excluding hydrogens is 361 g/mol. The second-order valence-electron chi connectivity index (χ2n) is 6.15. The molecule has 0 aromatic heterocycles. The van der Waals surface area contributed by atoms with Crippen LogP contribution in [-0.2, 0) is 12.7 Å². The number of carbonyl (C=O) groups excluding carboxylic acids is 1. The van der Waals surface area contributed by atoms with E-state index in [1.165, 1.54) is 12.1 Å². The van der Waals surface area contributed by atoms with E-state index < -0.39 is 17.8 Å². The summed E-state index contributed by atoms with van der Waals surface area (Å²) in [5.74, 6) is 1.31. The zero-order valence-electron chi connectivity index (χ0n) is 14.6. The smallest absolute Gasteiger partial charge is 0.416 e. The molecule has 0 radical (unpaired) electrons. The van der Waals surface area contributed by atoms with Gasteiger partial charge in [-0.3, -0.25) is 0 Å². The third-order valence-electron chi connectivity index (χ3n) is 4.15. The Kier molecular flexibility index (Phi) is 5.43. The Balaban J connectivity index is 1.53. The van der Waals surface area contributed by atoms with Crippen molar-refractivity contribution in [1.82, 2.24) is 10.6 Å². The molecule has 0 spiro atoms. The molecule has 2 aromatic carbocycles. The van der Waals surface area contributed by atoms with E-state index >= 15 is 0 Å². The monoisotopic (exact) mass is 380 g/mol. The predicted octanol–water partition coefficient (Wildman–Crippen LogP) is 4.04. The van der Waals surface area contributed by atoms with Crippen LogP contribution in [0.1, 0.15) is 29.7 Å². The summed E-state index contributed by atoms with van der Waals surface area (Å²) in [5.41, 5.74) is 0.706. The number of nitrogens with one attached hydrogen (secondary N) is 2. The second-order valence-corrected chi connectivity index (χ2v) is 6.15. The average molecular weight is 380 g/mol. The summed E-state index contributed by atoms with van der Waals surface area (Å²) < 4.78 is 48.6. The Labute approximate surface area is 154 Å². The van der Waals surface area contributed by atoms with Gasteiger partial charge in [0.25, 0.3) is 0 Å². The van der Waals surface area contributed by atoms with Crippen molar-refractivity contribution in [3.63, 3.8) is 0 Å². The van der Waals surface area contributed by atoms with Crippen molar-refractivity contribution in [1.29, 1.82) is 0 Å². The number of fused-ring (bicyclic) bond motifs is 1. The molecule has 1 atom stereocenters. The maximum absolute atomic E-state index is 12.5. The average Bonchev–Trinajstić information content (AvgIpc) is 2.65. The Morgan fingerprint density at radius 1 is 1.07 bits per heavy atom. The summed E-state index contributed by atoms with van der Waals surface area (Å²) >= 11 is 0. The molecule has 0 bridgehead atoms. The molecule has 1 aliphatic heterocycles. The van der Waals surface area contributed by atoms with Crippen molar-refractivity contribution in [2.24, 2.45) is 0 Å². The standard InChI is InChI=1S/C19H19F3N2O3/c1-12(14-4-7-16-17(10-14)27-9-8-26-16)24-18(25)23-11-13-2-5-15(6-3-13)19(20,21)22/h2-7,10,12H,8-9,11H2,1H3,(H2,23,24,25). The van der Waals surface area contributed by atoms with Crippen LogP contribution in [0.25, 0.3) is 0 Å². The van der Waals surface area contributed by atoms with Crippen LogP contribution in [0.3, 0.4) is 0 Å². The van der Waals surface area contributed by atoms with Gasteiger partial charge in [-0.2, -0.15) is 13.2 Å². The van der Waals surface area contributed by atoms with Crippen molar-refractivity contribution >= 4 is 6.03 Å². The number of urea groups is 1. The fourth-order valence-electron chi connectivity index (χ4n) is 2.65. The molecule has 144 valence electrons. The lowest BCUT2D eigenvalue weighted by atomic mass is 10.1. The molecule has 0 fully saturated rings. The first-order chi connectivity index (χ1) is 12.8. The minimum absolute atomic E-state index is 0.123. The highest BCUT2D eigenvalue weighted by Crippen LogP contribution is 2.32. The van der Waals surface area contributed by atoms with Gasteiger partial charge in [0.2, 0.25) is 0 Å². The largest absolute Gasteiger partial charge is 0.486 e. The molecule has 3 rings (SSSR count). The lowest BCUT2D eigenvalue weighted by Gasteiger charge is -2.21. The molecule has 2 aromatic rings. The van der Waals surface area contributed by atoms with Gasteiger partial charge < -0.3 is 20.1 Å². The van der Waals surface area contributed by atoms with E-state index in [-0.39, 0.29) is 12.6 Å². The number of amides is 2. The normalized spacial score (nSPS) is 14.4. The van der Waals surface area contributed by atoms with Gasteiger partial charge in [-0.05, 0) is 42.3 Å². The van der Waals surface area contributed by atoms with E-state index in [2.05, 4.69) is 10.6 Å². The van der Waals surface area contributed by atoms with Crippen LogP contribution in [0, 0.1) is 0 Å². The summed E-state index contributed by atoms with van der Waals surface area (Å²) in [4.78, 5) is 12.1. The summed E-state index contributed by atoms with van der Waals surface area (Å²) in [6.45, 7) is 2.93. The highest BCUT2D eigenvalue weighted by molar-refractivity contribution is 5.74. The highest BCUT2D eigenvalue weighted by Gasteiger charge is 2.29. The molecule has 2 amide bonds. The van der Waals surface area contributed by atoms with Crippen LogP contribution < -0.4 is 20.1 Å². The van der Waals surface area contributed by atoms with E-state index in [1.54, 1.807) is 6.07 Å². The first-order valence-corrected chi connectivity index (χ1v) is 8.43. The van der Waals surface area contributed by atoms with Gasteiger partial charge in [-0.15, -0.1) is 0 Å². The zero-order valence-corrected chi connectivity index (χ0v) is 14.6. The molecule has 0 aliphatic carbocycles. The number of ether oxygens (including phenoxy) is 2. The van der Waals surface area contributed by atoms with Crippen LogP contribution in [0.15, 0.2) is 42.5 Å². The van der Waals surface area contributed by atoms with Crippen LogP contribution in [0.2, 0.25) is 0 Å². The molecule has 1 heterocycles. The number of rotatable bonds is 4. The number of halogens is 3. The summed E-state index contributed by atoms with van der Waals surface area (Å²) in [6, 6.07) is 9.41. The van der Waals surface area contributed by atoms with E-state index in [9.17, 15) is 18.0 Å². The van der Waals surface area contributed by atoms with Crippen LogP contribution in [0.5, 0.6) is 11.5 Å². The van der Waals surface area contributed by atoms with Crippen molar-refractivity contribution < 1.29 is 27.4 Å². The molecule has 2 N–H and O–H groups in total. The van der Waals surface area contributed by atoms with Crippen molar-refractivity contribution in [3.8, 4) is 11.5 Å². The zero-order chi connectivity index (χ0) is 19.4. The Hall–Kier alpha value is -2.90. The second kappa shape index (κ2) is 7.77. The van der Waals surface area contributed by atoms with Gasteiger partial charge in [-0.25, -0.2) is 4.79 Å². The summed E-state index contributed by atoms with van der Waals surface area (Å²) in [5, 5.41) is 5.42. The molecular formula is C19H19F3N2O3. The quantitative estimate of drug-likeness (QED) is 0.842. The number of hydrogen-bond donors (Lipinski definition) is 2. The van der Waals surface area contributed by atoms with Crippen LogP contribution in [0.4, 0.5) is 18.0 Å². The minimum atomic E-state index is -4.37. The van der Waals surface area contributed by atoms with Crippen molar-refractivity contribution in [2.75, 3.05) is 13.2 Å². The maximum atomic E-state index is 12.5. The van der Waals surface area contributed by atoms with Crippen molar-refractivity contribution in [3.05, 3.63) is 59.2 Å². The predicted molar refractivity (Wildman–Crippen MR) is 92.7 cm³/mol. The van der Waals surface area contributed by atoms with Gasteiger partial charge in [0.1, 0.15) is 13.2 Å². The first-order valence-electron chi connectivity index (χ1n) is 8.43. The minimum Gasteiger partial charge on any atom is -0.486 e. The number of hydrogen-bond acceptors (Lipinski definition) is 3. The Bertz CT molecular complexity index is 807. The molecule has 5 nitrogen and oxygen atoms in total. The highest BCUT2D eigenvalue weighted by atomic mass is 19.4. The fraction of sp³-hybridized carbons (Fsp3) is 0.316. The van der Waals surface area contributed by atoms with E-state index in [0.717, 1.165) is 17.7 Å². The van der Waals surface area contributed by atoms with Crippen LogP contribution in [-0.4, -0.2) is 19.2 Å². The molecule has 1 aliphatic rings. The van der Waals surface area contributed by atoms with Gasteiger partial charge in [0, 0.05) is 6.54 Å². The summed E-state index contributed by atoms with van der Waals surface area (Å²) in [7, 11) is 0. The lowest BCUT2D eigenvalue weighted by Crippen LogP contribution is -2.36. The number of benzene rings is 2. The third-order valence-corrected chi connectivity index (χ3v) is 4.15. The van der Waals surface area contributed by atoms with Gasteiger partial charge in [0.15, 0.2) is 11.5 Å². The molecule has 27 heavy (non-hydrogen) atoms. The Morgan fingerprint density at radius 3 is 2.41 bits per heavy atom. The van der Waals surface area contributed by atoms with Gasteiger partial charge in [0.05, 0.1) is 11.6 Å². The topological polar surface area (TPSA) is 59.6 Å². The van der Waals surface area contributed by atoms with E-state index in [0.29, 0.717) is 30.3 Å². The van der Waals surface area contributed by atoms with E-state index in [1.807, 2.05) is 19.1 Å². The summed E-state index contributed by atoms with van der Waals surface area (Å²) in [6.07, 6.45) is -4.37. The molecule has 8 heteroatoms. The number of carbonyl (C=O) groups is 1. The molecule has 1 unspecified atom stereocenters. The van der Waals surface area contributed by atoms with Crippen molar-refractivity contribution in [2.45, 2.75) is 25.7 Å². The molecule has 0 saturated heterocycles. The number of alkyl halides is 3. The fourth-order valence-corrected chi connectivity index (χ4v) is 2.65. The SMILES string of the molecule is CC(NC(=O)NCc1ccc(C(F)(F)F)cc1)c1ccc2c(c1)OCCO2. The maximum Gasteiger partial charge on any atom is 0.416 e. The molecule has 0 saturated carbocycles. The van der Waals surface area contributed by atoms with Gasteiger partial charge in [-0.1, -0.05) is 18.2 Å². The van der Waals surface area contributed by atoms with Gasteiger partial charge >= 0.3 is 12.2 Å². The first kappa shape index (κ1) is 18.9.